The van der Waals surface area contributed by atoms with Crippen molar-refractivity contribution in [3.63, 3.8) is 0 Å². The standard InChI is InChI=1S/C14H16N2O2S/c1-18-11-2-3-13(15)12(8-11)14(17)16-6-4-10-5-7-19-9-10/h2-3,5,7-9H,4,6,15H2,1H3,(H,16,17). The monoisotopic (exact) mass is 276 g/mol. The van der Waals surface area contributed by atoms with E-state index in [0.29, 0.717) is 23.5 Å². The molecule has 0 radical (unpaired) electrons. The summed E-state index contributed by atoms with van der Waals surface area (Å²) in [7, 11) is 1.56. The highest BCUT2D eigenvalue weighted by atomic mass is 32.1. The number of amides is 1. The van der Waals surface area contributed by atoms with Crippen molar-refractivity contribution in [2.75, 3.05) is 19.4 Å². The van der Waals surface area contributed by atoms with Gasteiger partial charge in [-0.3, -0.25) is 4.79 Å². The molecule has 1 aromatic carbocycles. The van der Waals surface area contributed by atoms with Crippen molar-refractivity contribution in [2.24, 2.45) is 0 Å². The number of benzene rings is 1. The summed E-state index contributed by atoms with van der Waals surface area (Å²) in [5.41, 5.74) is 7.92. The van der Waals surface area contributed by atoms with Crippen LogP contribution in [0.2, 0.25) is 0 Å². The molecule has 3 N–H and O–H groups in total. The molecule has 4 nitrogen and oxygen atoms in total. The van der Waals surface area contributed by atoms with Gasteiger partial charge in [-0.05, 0) is 47.0 Å². The number of thiophene rings is 1. The molecule has 0 aliphatic rings. The Labute approximate surface area is 116 Å². The number of nitrogens with one attached hydrogen (secondary N) is 1. The Hall–Kier alpha value is -2.01. The van der Waals surface area contributed by atoms with E-state index in [-0.39, 0.29) is 5.91 Å². The third-order valence-electron chi connectivity index (χ3n) is 2.78. The molecule has 0 bridgehead atoms. The van der Waals surface area contributed by atoms with Gasteiger partial charge >= 0.3 is 0 Å². The van der Waals surface area contributed by atoms with Crippen molar-refractivity contribution in [1.82, 2.24) is 5.32 Å². The third-order valence-corrected chi connectivity index (χ3v) is 3.52. The van der Waals surface area contributed by atoms with Gasteiger partial charge < -0.3 is 15.8 Å². The van der Waals surface area contributed by atoms with Gasteiger partial charge in [-0.1, -0.05) is 0 Å². The highest BCUT2D eigenvalue weighted by Crippen LogP contribution is 2.19. The average molecular weight is 276 g/mol. The average Bonchev–Trinajstić information content (AvgIpc) is 2.92. The summed E-state index contributed by atoms with van der Waals surface area (Å²) in [5, 5.41) is 6.96. The van der Waals surface area contributed by atoms with Gasteiger partial charge in [-0.15, -0.1) is 0 Å². The van der Waals surface area contributed by atoms with E-state index < -0.39 is 0 Å². The van der Waals surface area contributed by atoms with E-state index in [1.54, 1.807) is 36.6 Å². The molecule has 2 aromatic rings. The summed E-state index contributed by atoms with van der Waals surface area (Å²) in [5.74, 6) is 0.448. The Morgan fingerprint density at radius 3 is 2.95 bits per heavy atom. The number of rotatable bonds is 5. The molecule has 5 heteroatoms. The zero-order valence-corrected chi connectivity index (χ0v) is 11.5. The van der Waals surface area contributed by atoms with Crippen molar-refractivity contribution in [3.05, 3.63) is 46.2 Å². The first kappa shape index (κ1) is 13.4. The quantitative estimate of drug-likeness (QED) is 0.824. The largest absolute Gasteiger partial charge is 0.497 e. The molecule has 0 fully saturated rings. The summed E-state index contributed by atoms with van der Waals surface area (Å²) >= 11 is 1.65. The summed E-state index contributed by atoms with van der Waals surface area (Å²) in [6.07, 6.45) is 0.819. The lowest BCUT2D eigenvalue weighted by Crippen LogP contribution is -2.26. The summed E-state index contributed by atoms with van der Waals surface area (Å²) < 4.78 is 5.09. The lowest BCUT2D eigenvalue weighted by atomic mass is 10.1. The number of methoxy groups -OCH3 is 1. The molecule has 0 spiro atoms. The van der Waals surface area contributed by atoms with Gasteiger partial charge in [0.1, 0.15) is 5.75 Å². The van der Waals surface area contributed by atoms with Crippen LogP contribution in [0, 0.1) is 0 Å². The van der Waals surface area contributed by atoms with Crippen LogP contribution in [0.4, 0.5) is 5.69 Å². The Balaban J connectivity index is 1.95. The molecule has 0 aliphatic heterocycles. The minimum atomic E-state index is -0.174. The SMILES string of the molecule is COc1ccc(N)c(C(=O)NCCc2ccsc2)c1. The van der Waals surface area contributed by atoms with Gasteiger partial charge in [0.05, 0.1) is 12.7 Å². The fourth-order valence-corrected chi connectivity index (χ4v) is 2.41. The summed E-state index contributed by atoms with van der Waals surface area (Å²) in [4.78, 5) is 12.0. The van der Waals surface area contributed by atoms with Crippen molar-refractivity contribution < 1.29 is 9.53 Å². The molecule has 0 unspecified atom stereocenters. The number of nitrogens with two attached hydrogens (primary N) is 1. The second kappa shape index (κ2) is 6.24. The topological polar surface area (TPSA) is 64.3 Å². The van der Waals surface area contributed by atoms with Crippen LogP contribution in [0.5, 0.6) is 5.75 Å². The second-order valence-electron chi connectivity index (χ2n) is 4.09. The molecular formula is C14H16N2O2S. The van der Waals surface area contributed by atoms with E-state index >= 15 is 0 Å². The normalized spacial score (nSPS) is 10.2. The van der Waals surface area contributed by atoms with Crippen LogP contribution >= 0.6 is 11.3 Å². The van der Waals surface area contributed by atoms with Crippen LogP contribution in [0.25, 0.3) is 0 Å². The first-order valence-electron chi connectivity index (χ1n) is 5.93. The smallest absolute Gasteiger partial charge is 0.253 e. The first-order chi connectivity index (χ1) is 9.20. The zero-order valence-electron chi connectivity index (χ0n) is 10.7. The lowest BCUT2D eigenvalue weighted by molar-refractivity contribution is 0.0954. The van der Waals surface area contributed by atoms with Crippen molar-refractivity contribution in [2.45, 2.75) is 6.42 Å². The molecule has 0 saturated heterocycles. The Morgan fingerprint density at radius 2 is 2.26 bits per heavy atom. The van der Waals surface area contributed by atoms with E-state index in [2.05, 4.69) is 16.8 Å². The highest BCUT2D eigenvalue weighted by molar-refractivity contribution is 7.07. The summed E-state index contributed by atoms with van der Waals surface area (Å²) in [6.45, 7) is 0.590. The molecule has 1 aromatic heterocycles. The van der Waals surface area contributed by atoms with Gasteiger partial charge in [-0.25, -0.2) is 0 Å². The first-order valence-corrected chi connectivity index (χ1v) is 6.88. The minimum Gasteiger partial charge on any atom is -0.497 e. The lowest BCUT2D eigenvalue weighted by Gasteiger charge is -2.08. The predicted molar refractivity (Wildman–Crippen MR) is 77.8 cm³/mol. The van der Waals surface area contributed by atoms with Gasteiger partial charge in [-0.2, -0.15) is 11.3 Å². The molecule has 0 atom stereocenters. The Kier molecular flexibility index (Phi) is 4.41. The van der Waals surface area contributed by atoms with Crippen LogP contribution in [0.1, 0.15) is 15.9 Å². The molecular weight excluding hydrogens is 260 g/mol. The molecule has 1 amide bonds. The molecule has 19 heavy (non-hydrogen) atoms. The van der Waals surface area contributed by atoms with E-state index in [1.807, 2.05) is 5.38 Å². The number of hydrogen-bond acceptors (Lipinski definition) is 4. The van der Waals surface area contributed by atoms with Crippen LogP contribution in [0.15, 0.2) is 35.0 Å². The van der Waals surface area contributed by atoms with Gasteiger partial charge in [0.15, 0.2) is 0 Å². The summed E-state index contributed by atoms with van der Waals surface area (Å²) in [6, 6.07) is 7.11. The van der Waals surface area contributed by atoms with E-state index in [1.165, 1.54) is 5.56 Å². The van der Waals surface area contributed by atoms with Crippen molar-refractivity contribution in [1.29, 1.82) is 0 Å². The maximum atomic E-state index is 12.0. The number of ether oxygens (including phenoxy) is 1. The number of anilines is 1. The Morgan fingerprint density at radius 1 is 1.42 bits per heavy atom. The predicted octanol–water partition coefficient (Wildman–Crippen LogP) is 2.31. The molecule has 2 rings (SSSR count). The van der Waals surface area contributed by atoms with E-state index in [9.17, 15) is 4.79 Å². The highest BCUT2D eigenvalue weighted by Gasteiger charge is 2.10. The van der Waals surface area contributed by atoms with Crippen LogP contribution < -0.4 is 15.8 Å². The van der Waals surface area contributed by atoms with Crippen LogP contribution in [0.3, 0.4) is 0 Å². The number of carbonyl (C=O) groups is 1. The maximum absolute atomic E-state index is 12.0. The number of carbonyl (C=O) groups excluding carboxylic acids is 1. The maximum Gasteiger partial charge on any atom is 0.253 e. The second-order valence-corrected chi connectivity index (χ2v) is 4.87. The van der Waals surface area contributed by atoms with Crippen LogP contribution in [-0.2, 0) is 6.42 Å². The Bertz CT molecular complexity index is 553. The van der Waals surface area contributed by atoms with Gasteiger partial charge in [0, 0.05) is 12.2 Å². The van der Waals surface area contributed by atoms with Gasteiger partial charge in [0.2, 0.25) is 0 Å². The fraction of sp³-hybridized carbons (Fsp3) is 0.214. The molecule has 1 heterocycles. The van der Waals surface area contributed by atoms with Crippen molar-refractivity contribution in [3.8, 4) is 5.75 Å². The van der Waals surface area contributed by atoms with Crippen LogP contribution in [-0.4, -0.2) is 19.6 Å². The number of nitrogen functional groups attached to an aromatic ring is 1. The van der Waals surface area contributed by atoms with E-state index in [0.717, 1.165) is 6.42 Å². The van der Waals surface area contributed by atoms with Crippen molar-refractivity contribution >= 4 is 22.9 Å². The minimum absolute atomic E-state index is 0.174. The number of hydrogen-bond donors (Lipinski definition) is 2. The zero-order chi connectivity index (χ0) is 13.7. The molecule has 100 valence electrons. The van der Waals surface area contributed by atoms with Gasteiger partial charge in [0.25, 0.3) is 5.91 Å². The fourth-order valence-electron chi connectivity index (χ4n) is 1.71. The molecule has 0 aliphatic carbocycles. The molecule has 0 saturated carbocycles. The van der Waals surface area contributed by atoms with E-state index in [4.69, 9.17) is 10.5 Å². The third kappa shape index (κ3) is 3.48.